The molecule has 2 bridgehead atoms. The summed E-state index contributed by atoms with van der Waals surface area (Å²) in [5.41, 5.74) is -1.59. The average molecular weight is 565 g/mol. The van der Waals surface area contributed by atoms with Gasteiger partial charge in [0.2, 0.25) is 5.88 Å². The van der Waals surface area contributed by atoms with E-state index in [2.05, 4.69) is 4.98 Å². The maximum atomic E-state index is 14.4. The summed E-state index contributed by atoms with van der Waals surface area (Å²) in [5.74, 6) is -24.9. The molecule has 2 aromatic heterocycles. The van der Waals surface area contributed by atoms with Crippen LogP contribution < -0.4 is 5.69 Å². The Bertz CT molecular complexity index is 1640. The number of fused-ring (bicyclic) bond motifs is 6. The van der Waals surface area contributed by atoms with Crippen molar-refractivity contribution in [1.82, 2.24) is 19.0 Å². The van der Waals surface area contributed by atoms with Gasteiger partial charge in [-0.1, -0.05) is 24.3 Å². The number of imidazole rings is 1. The Morgan fingerprint density at radius 3 is 2.23 bits per heavy atom. The van der Waals surface area contributed by atoms with Crippen LogP contribution in [0.5, 0.6) is 5.88 Å². The summed E-state index contributed by atoms with van der Waals surface area (Å²) in [7, 11) is 0. The lowest BCUT2D eigenvalue weighted by Gasteiger charge is -2.36. The Hall–Kier alpha value is -4.23. The van der Waals surface area contributed by atoms with E-state index in [0.29, 0.717) is 4.57 Å². The molecular weight excluding hydrogens is 553 g/mol. The summed E-state index contributed by atoms with van der Waals surface area (Å²) in [4.78, 5) is 29.5. The second-order valence-corrected chi connectivity index (χ2v) is 8.93. The summed E-state index contributed by atoms with van der Waals surface area (Å²) in [5, 5.41) is 20.7. The van der Waals surface area contributed by atoms with Gasteiger partial charge in [0.25, 0.3) is 0 Å². The van der Waals surface area contributed by atoms with Crippen LogP contribution in [-0.2, 0) is 4.79 Å². The lowest BCUT2D eigenvalue weighted by Crippen LogP contribution is -2.65. The van der Waals surface area contributed by atoms with Gasteiger partial charge in [0.1, 0.15) is 17.5 Å². The number of amides is 1. The standard InChI is InChI=1S/C22H12F9N5O3/c23-19(24,20(25,26)21(27,28)22(29,30)31)17(38)34-8-9-5-13(34)15-16(37)36(18(39)35(9)15)14-7-33-12(6-32)10-3-1-2-4-11(10)14/h1-4,7,9,13,37H,5,8H2. The number of benzene rings is 1. The third-order valence-corrected chi connectivity index (χ3v) is 6.85. The van der Waals surface area contributed by atoms with Crippen molar-refractivity contribution in [3.05, 3.63) is 52.3 Å². The number of carbonyl (C=O) groups excluding carboxylic acids is 1. The molecule has 3 aromatic rings. The molecule has 8 nitrogen and oxygen atoms in total. The summed E-state index contributed by atoms with van der Waals surface area (Å²) >= 11 is 0. The molecule has 2 aliphatic heterocycles. The molecule has 1 fully saturated rings. The van der Waals surface area contributed by atoms with Gasteiger partial charge in [0.05, 0.1) is 24.0 Å². The second-order valence-electron chi connectivity index (χ2n) is 8.93. The van der Waals surface area contributed by atoms with Crippen molar-refractivity contribution in [2.45, 2.75) is 42.4 Å². The van der Waals surface area contributed by atoms with Crippen LogP contribution in [0.25, 0.3) is 16.5 Å². The lowest BCUT2D eigenvalue weighted by atomic mass is 10.0. The van der Waals surface area contributed by atoms with E-state index < -0.39 is 65.7 Å². The largest absolute Gasteiger partial charge is 0.493 e. The van der Waals surface area contributed by atoms with Gasteiger partial charge in [-0.25, -0.2) is 14.3 Å². The first kappa shape index (κ1) is 26.4. The molecule has 0 spiro atoms. The Morgan fingerprint density at radius 2 is 1.64 bits per heavy atom. The van der Waals surface area contributed by atoms with Crippen molar-refractivity contribution >= 4 is 16.7 Å². The number of hydrogen-bond donors (Lipinski definition) is 1. The fraction of sp³-hybridized carbons (Fsp3) is 0.364. The van der Waals surface area contributed by atoms with Crippen molar-refractivity contribution in [3.63, 3.8) is 0 Å². The van der Waals surface area contributed by atoms with Gasteiger partial charge in [-0.15, -0.1) is 0 Å². The highest BCUT2D eigenvalue weighted by atomic mass is 19.4. The minimum absolute atomic E-state index is 0.0377. The fourth-order valence-corrected chi connectivity index (χ4v) is 5.02. The molecule has 0 aliphatic carbocycles. The monoisotopic (exact) mass is 565 g/mol. The predicted octanol–water partition coefficient (Wildman–Crippen LogP) is 4.06. The highest BCUT2D eigenvalue weighted by molar-refractivity contribution is 5.93. The van der Waals surface area contributed by atoms with Gasteiger partial charge in [-0.05, 0) is 6.42 Å². The van der Waals surface area contributed by atoms with Crippen LogP contribution in [-0.4, -0.2) is 60.5 Å². The average Bonchev–Trinajstić information content (AvgIpc) is 3.53. The second kappa shape index (κ2) is 7.90. The molecule has 1 amide bonds. The lowest BCUT2D eigenvalue weighted by molar-refractivity contribution is -0.389. The number of aromatic hydroxyl groups is 1. The van der Waals surface area contributed by atoms with E-state index >= 15 is 0 Å². The zero-order chi connectivity index (χ0) is 28.9. The van der Waals surface area contributed by atoms with Crippen molar-refractivity contribution in [3.8, 4) is 17.6 Å². The third-order valence-electron chi connectivity index (χ3n) is 6.85. The predicted molar refractivity (Wildman–Crippen MR) is 111 cm³/mol. The molecule has 4 heterocycles. The van der Waals surface area contributed by atoms with Crippen molar-refractivity contribution in [2.75, 3.05) is 6.54 Å². The van der Waals surface area contributed by atoms with Crippen LogP contribution in [0.3, 0.4) is 0 Å². The maximum Gasteiger partial charge on any atom is 0.460 e. The quantitative estimate of drug-likeness (QED) is 0.481. The van der Waals surface area contributed by atoms with E-state index in [9.17, 15) is 59.5 Å². The molecular formula is C22H12F9N5O3. The molecule has 2 atom stereocenters. The SMILES string of the molecule is N#Cc1ncc(-n2c(O)c3n(c2=O)C2CC3N(C(=O)C(F)(F)C(F)(F)C(F)(F)C(F)(F)F)C2)c2ccccc12. The minimum atomic E-state index is -7.25. The molecule has 0 radical (unpaired) electrons. The fourth-order valence-electron chi connectivity index (χ4n) is 5.02. The number of nitriles is 1. The highest BCUT2D eigenvalue weighted by Gasteiger charge is 2.84. The molecule has 1 saturated heterocycles. The van der Waals surface area contributed by atoms with Gasteiger partial charge < -0.3 is 10.0 Å². The molecule has 1 aromatic carbocycles. The minimum Gasteiger partial charge on any atom is -0.493 e. The number of aromatic nitrogens is 3. The van der Waals surface area contributed by atoms with Crippen LogP contribution in [0.4, 0.5) is 39.5 Å². The number of halogens is 9. The highest BCUT2D eigenvalue weighted by Crippen LogP contribution is 2.56. The Labute approximate surface area is 210 Å². The van der Waals surface area contributed by atoms with Gasteiger partial charge >= 0.3 is 35.5 Å². The van der Waals surface area contributed by atoms with Gasteiger partial charge in [-0.2, -0.15) is 44.8 Å². The zero-order valence-corrected chi connectivity index (χ0v) is 18.9. The van der Waals surface area contributed by atoms with Crippen molar-refractivity contribution in [2.24, 2.45) is 0 Å². The third kappa shape index (κ3) is 3.23. The normalized spacial score (nSPS) is 19.4. The number of alkyl halides is 9. The Morgan fingerprint density at radius 1 is 1.03 bits per heavy atom. The molecule has 5 rings (SSSR count). The number of rotatable bonds is 4. The van der Waals surface area contributed by atoms with Gasteiger partial charge in [-0.3, -0.25) is 9.36 Å². The smallest absolute Gasteiger partial charge is 0.460 e. The number of carbonyl (C=O) groups is 1. The maximum absolute atomic E-state index is 14.4. The van der Waals surface area contributed by atoms with Gasteiger partial charge in [0, 0.05) is 17.3 Å². The number of pyridine rings is 1. The summed E-state index contributed by atoms with van der Waals surface area (Å²) < 4.78 is 122. The van der Waals surface area contributed by atoms with E-state index in [0.717, 1.165) is 10.8 Å². The first-order chi connectivity index (χ1) is 18.0. The molecule has 1 N–H and O–H groups in total. The van der Waals surface area contributed by atoms with Crippen molar-refractivity contribution < 1.29 is 49.4 Å². The number of likely N-dealkylation sites (tertiary alicyclic amines) is 1. The van der Waals surface area contributed by atoms with Crippen LogP contribution >= 0.6 is 0 Å². The summed E-state index contributed by atoms with van der Waals surface area (Å²) in [6.07, 6.45) is -6.43. The molecule has 2 aliphatic rings. The zero-order valence-electron chi connectivity index (χ0n) is 18.9. The van der Waals surface area contributed by atoms with E-state index in [1.807, 2.05) is 6.07 Å². The Balaban J connectivity index is 1.58. The topological polar surface area (TPSA) is 104 Å². The molecule has 0 saturated carbocycles. The number of hydrogen-bond acceptors (Lipinski definition) is 5. The van der Waals surface area contributed by atoms with E-state index in [1.165, 1.54) is 18.2 Å². The molecule has 206 valence electrons. The molecule has 17 heteroatoms. The van der Waals surface area contributed by atoms with Gasteiger partial charge in [0.15, 0.2) is 0 Å². The van der Waals surface area contributed by atoms with Crippen LogP contribution in [0, 0.1) is 11.3 Å². The number of nitrogens with zero attached hydrogens (tertiary/aromatic N) is 5. The molecule has 39 heavy (non-hydrogen) atoms. The van der Waals surface area contributed by atoms with Crippen LogP contribution in [0.2, 0.25) is 0 Å². The molecule has 2 unspecified atom stereocenters. The summed E-state index contributed by atoms with van der Waals surface area (Å²) in [6.45, 7) is -0.907. The van der Waals surface area contributed by atoms with E-state index in [4.69, 9.17) is 0 Å². The Kier molecular flexibility index (Phi) is 5.34. The van der Waals surface area contributed by atoms with Crippen LogP contribution in [0.1, 0.15) is 29.9 Å². The first-order valence-electron chi connectivity index (χ1n) is 10.8. The van der Waals surface area contributed by atoms with Crippen molar-refractivity contribution in [1.29, 1.82) is 5.26 Å². The first-order valence-corrected chi connectivity index (χ1v) is 10.8. The van der Waals surface area contributed by atoms with E-state index in [1.54, 1.807) is 6.07 Å². The van der Waals surface area contributed by atoms with Crippen LogP contribution in [0.15, 0.2) is 35.3 Å². The summed E-state index contributed by atoms with van der Waals surface area (Å²) in [6, 6.07) is 4.95. The van der Waals surface area contributed by atoms with E-state index in [-0.39, 0.29) is 33.5 Å².